The van der Waals surface area contributed by atoms with E-state index in [2.05, 4.69) is 5.10 Å². The van der Waals surface area contributed by atoms with Crippen molar-refractivity contribution in [1.82, 2.24) is 19.0 Å². The molecule has 0 unspecified atom stereocenters. The average molecular weight is 416 g/mol. The number of aromatic nitrogens is 2. The van der Waals surface area contributed by atoms with E-state index in [9.17, 15) is 13.2 Å². The van der Waals surface area contributed by atoms with Crippen molar-refractivity contribution in [2.45, 2.75) is 31.1 Å². The molecule has 0 N–H and O–H groups in total. The average Bonchev–Trinajstić information content (AvgIpc) is 3.09. The van der Waals surface area contributed by atoms with Gasteiger partial charge in [0.15, 0.2) is 0 Å². The van der Waals surface area contributed by atoms with Gasteiger partial charge < -0.3 is 4.90 Å². The van der Waals surface area contributed by atoms with E-state index in [0.717, 1.165) is 5.69 Å². The minimum absolute atomic E-state index is 0.147. The summed E-state index contributed by atoms with van der Waals surface area (Å²) in [5.41, 5.74) is 1.58. The number of sulfonamides is 1. The first-order chi connectivity index (χ1) is 13.5. The Labute approximate surface area is 171 Å². The first-order valence-electron chi connectivity index (χ1n) is 9.38. The Bertz CT molecular complexity index is 1050. The van der Waals surface area contributed by atoms with Gasteiger partial charge in [-0.25, -0.2) is 8.42 Å². The number of hydrogen-bond acceptors (Lipinski definition) is 5. The van der Waals surface area contributed by atoms with Crippen molar-refractivity contribution in [3.8, 4) is 6.07 Å². The lowest BCUT2D eigenvalue weighted by Crippen LogP contribution is -2.50. The predicted molar refractivity (Wildman–Crippen MR) is 108 cm³/mol. The van der Waals surface area contributed by atoms with Gasteiger partial charge in [-0.05, 0) is 30.3 Å². The molecule has 1 aliphatic rings. The van der Waals surface area contributed by atoms with Gasteiger partial charge in [-0.1, -0.05) is 20.8 Å². The maximum atomic E-state index is 12.9. The number of nitriles is 1. The Hall–Kier alpha value is -2.70. The molecule has 0 spiro atoms. The molecule has 0 bridgehead atoms. The molecular formula is C20H25N5O3S. The second-order valence-corrected chi connectivity index (χ2v) is 10.1. The van der Waals surface area contributed by atoms with Crippen LogP contribution in [-0.2, 0) is 22.5 Å². The Morgan fingerprint density at radius 2 is 1.69 bits per heavy atom. The van der Waals surface area contributed by atoms with Gasteiger partial charge in [-0.15, -0.1) is 0 Å². The summed E-state index contributed by atoms with van der Waals surface area (Å²) in [5.74, 6) is -0.147. The highest BCUT2D eigenvalue weighted by atomic mass is 32.2. The highest BCUT2D eigenvalue weighted by Gasteiger charge is 2.32. The zero-order chi connectivity index (χ0) is 21.4. The van der Waals surface area contributed by atoms with Crippen LogP contribution in [0.5, 0.6) is 0 Å². The fourth-order valence-electron chi connectivity index (χ4n) is 3.18. The molecule has 8 nitrogen and oxygen atoms in total. The third-order valence-corrected chi connectivity index (χ3v) is 6.93. The molecule has 0 saturated carbocycles. The van der Waals surface area contributed by atoms with Crippen LogP contribution >= 0.6 is 0 Å². The summed E-state index contributed by atoms with van der Waals surface area (Å²) in [6, 6.07) is 9.64. The Morgan fingerprint density at radius 1 is 1.10 bits per heavy atom. The molecule has 9 heteroatoms. The van der Waals surface area contributed by atoms with Gasteiger partial charge in [-0.3, -0.25) is 9.48 Å². The minimum Gasteiger partial charge on any atom is -0.335 e. The molecule has 1 saturated heterocycles. The van der Waals surface area contributed by atoms with E-state index in [0.29, 0.717) is 24.3 Å². The summed E-state index contributed by atoms with van der Waals surface area (Å²) in [6.45, 7) is 7.17. The normalized spacial score (nSPS) is 15.9. The van der Waals surface area contributed by atoms with E-state index < -0.39 is 10.0 Å². The highest BCUT2D eigenvalue weighted by molar-refractivity contribution is 7.89. The standard InChI is InChI=1S/C20H25N5O3S/c1-20(2,3)18-13-17(23(4)22-18)19(26)24-9-11-25(12-10-24)29(27,28)16-7-5-15(14-21)6-8-16/h5-8,13H,9-12H2,1-4H3. The lowest BCUT2D eigenvalue weighted by molar-refractivity contribution is 0.0687. The van der Waals surface area contributed by atoms with Gasteiger partial charge in [0, 0.05) is 38.6 Å². The predicted octanol–water partition coefficient (Wildman–Crippen LogP) is 1.74. The van der Waals surface area contributed by atoms with Crippen molar-refractivity contribution in [2.24, 2.45) is 7.05 Å². The number of rotatable bonds is 3. The maximum Gasteiger partial charge on any atom is 0.272 e. The van der Waals surface area contributed by atoms with Gasteiger partial charge in [0.25, 0.3) is 5.91 Å². The molecule has 154 valence electrons. The topological polar surface area (TPSA) is 99.3 Å². The SMILES string of the molecule is Cn1nc(C(C)(C)C)cc1C(=O)N1CCN(S(=O)(=O)c2ccc(C#N)cc2)CC1. The summed E-state index contributed by atoms with van der Waals surface area (Å²) in [6.07, 6.45) is 0. The van der Waals surface area contributed by atoms with Crippen LogP contribution in [0.2, 0.25) is 0 Å². The van der Waals surface area contributed by atoms with E-state index >= 15 is 0 Å². The van der Waals surface area contributed by atoms with Crippen LogP contribution in [0.4, 0.5) is 0 Å². The quantitative estimate of drug-likeness (QED) is 0.760. The number of carbonyl (C=O) groups is 1. The monoisotopic (exact) mass is 415 g/mol. The molecule has 2 heterocycles. The summed E-state index contributed by atoms with van der Waals surface area (Å²) in [5, 5.41) is 13.3. The van der Waals surface area contributed by atoms with Crippen molar-refractivity contribution < 1.29 is 13.2 Å². The summed E-state index contributed by atoms with van der Waals surface area (Å²) in [7, 11) is -1.91. The van der Waals surface area contributed by atoms with E-state index in [1.165, 1.54) is 28.6 Å². The van der Waals surface area contributed by atoms with E-state index in [4.69, 9.17) is 5.26 Å². The second-order valence-electron chi connectivity index (χ2n) is 8.12. The first-order valence-corrected chi connectivity index (χ1v) is 10.8. The molecule has 3 rings (SSSR count). The van der Waals surface area contributed by atoms with E-state index in [1.54, 1.807) is 16.6 Å². The van der Waals surface area contributed by atoms with Crippen LogP contribution in [0.1, 0.15) is 42.5 Å². The van der Waals surface area contributed by atoms with Crippen molar-refractivity contribution in [3.63, 3.8) is 0 Å². The largest absolute Gasteiger partial charge is 0.335 e. The lowest BCUT2D eigenvalue weighted by atomic mass is 9.92. The minimum atomic E-state index is -3.66. The zero-order valence-corrected chi connectivity index (χ0v) is 17.9. The molecule has 1 amide bonds. The van der Waals surface area contributed by atoms with E-state index in [-0.39, 0.29) is 29.3 Å². The number of piperazine rings is 1. The van der Waals surface area contributed by atoms with Crippen molar-refractivity contribution in [1.29, 1.82) is 5.26 Å². The first kappa shape index (κ1) is 21.0. The number of aryl methyl sites for hydroxylation is 1. The van der Waals surface area contributed by atoms with Crippen molar-refractivity contribution in [3.05, 3.63) is 47.3 Å². The van der Waals surface area contributed by atoms with Gasteiger partial charge in [0.05, 0.1) is 22.2 Å². The van der Waals surface area contributed by atoms with Crippen LogP contribution < -0.4 is 0 Å². The second kappa shape index (κ2) is 7.61. The Kier molecular flexibility index (Phi) is 5.52. The molecule has 29 heavy (non-hydrogen) atoms. The van der Waals surface area contributed by atoms with Crippen LogP contribution in [0, 0.1) is 11.3 Å². The molecule has 2 aromatic rings. The number of nitrogens with zero attached hydrogens (tertiary/aromatic N) is 5. The van der Waals surface area contributed by atoms with Crippen molar-refractivity contribution >= 4 is 15.9 Å². The summed E-state index contributed by atoms with van der Waals surface area (Å²) < 4.78 is 28.6. The van der Waals surface area contributed by atoms with Gasteiger partial charge >= 0.3 is 0 Å². The third kappa shape index (κ3) is 4.18. The molecule has 1 fully saturated rings. The number of benzene rings is 1. The van der Waals surface area contributed by atoms with Crippen molar-refractivity contribution in [2.75, 3.05) is 26.2 Å². The summed E-state index contributed by atoms with van der Waals surface area (Å²) in [4.78, 5) is 14.7. The number of hydrogen-bond donors (Lipinski definition) is 0. The smallest absolute Gasteiger partial charge is 0.272 e. The fourth-order valence-corrected chi connectivity index (χ4v) is 4.60. The maximum absolute atomic E-state index is 12.9. The molecule has 0 aliphatic carbocycles. The highest BCUT2D eigenvalue weighted by Crippen LogP contribution is 2.23. The Morgan fingerprint density at radius 3 is 2.17 bits per heavy atom. The number of carbonyl (C=O) groups excluding carboxylic acids is 1. The molecular weight excluding hydrogens is 390 g/mol. The molecule has 1 aromatic heterocycles. The van der Waals surface area contributed by atoms with Gasteiger partial charge in [-0.2, -0.15) is 14.7 Å². The van der Waals surface area contributed by atoms with Crippen LogP contribution in [0.25, 0.3) is 0 Å². The lowest BCUT2D eigenvalue weighted by Gasteiger charge is -2.34. The van der Waals surface area contributed by atoms with E-state index in [1.807, 2.05) is 32.9 Å². The number of amides is 1. The van der Waals surface area contributed by atoms with Gasteiger partial charge in [0.2, 0.25) is 10.0 Å². The summed E-state index contributed by atoms with van der Waals surface area (Å²) >= 11 is 0. The van der Waals surface area contributed by atoms with Crippen LogP contribution in [0.3, 0.4) is 0 Å². The molecule has 0 atom stereocenters. The molecule has 0 radical (unpaired) electrons. The Balaban J connectivity index is 1.71. The third-order valence-electron chi connectivity index (χ3n) is 5.01. The fraction of sp³-hybridized carbons (Fsp3) is 0.450. The van der Waals surface area contributed by atoms with Crippen LogP contribution in [0.15, 0.2) is 35.2 Å². The molecule has 1 aliphatic heterocycles. The van der Waals surface area contributed by atoms with Crippen LogP contribution in [-0.4, -0.2) is 59.5 Å². The zero-order valence-electron chi connectivity index (χ0n) is 17.1. The molecule has 1 aromatic carbocycles. The van der Waals surface area contributed by atoms with Gasteiger partial charge in [0.1, 0.15) is 5.69 Å².